The van der Waals surface area contributed by atoms with Crippen molar-refractivity contribution < 1.29 is 27.4 Å². The Morgan fingerprint density at radius 3 is 2.00 bits per heavy atom. The van der Waals surface area contributed by atoms with Crippen LogP contribution in [0.5, 0.6) is 5.75 Å². The van der Waals surface area contributed by atoms with Gasteiger partial charge in [-0.3, -0.25) is 4.79 Å². The van der Waals surface area contributed by atoms with Crippen molar-refractivity contribution in [3.63, 3.8) is 0 Å². The Morgan fingerprint density at radius 2 is 1.78 bits per heavy atom. The van der Waals surface area contributed by atoms with Crippen LogP contribution in [0.3, 0.4) is 0 Å². The first kappa shape index (κ1) is 27.3. The number of nitriles is 1. The normalized spacial score (nSPS) is 10.4. The van der Waals surface area contributed by atoms with E-state index in [2.05, 4.69) is 4.74 Å². The Balaban J connectivity index is 0. The maximum Gasteiger partial charge on any atom is 0.573 e. The SMILES string of the molecule is CC(=O)OC(C)(C)C.CCCC#N.CCc1ccc(OC(F)(F)F)c(Cl)c1. The Morgan fingerprint density at radius 1 is 1.22 bits per heavy atom. The molecule has 4 nitrogen and oxygen atoms in total. The molecule has 0 spiro atoms. The second kappa shape index (κ2) is 13.3. The molecule has 1 aromatic rings. The zero-order valence-electron chi connectivity index (χ0n) is 16.5. The molecule has 0 unspecified atom stereocenters. The van der Waals surface area contributed by atoms with Crippen LogP contribution in [-0.2, 0) is 16.0 Å². The van der Waals surface area contributed by atoms with Crippen LogP contribution in [0, 0.1) is 11.3 Å². The molecule has 0 atom stereocenters. The number of rotatable bonds is 3. The van der Waals surface area contributed by atoms with Crippen LogP contribution in [-0.4, -0.2) is 17.9 Å². The first-order valence-electron chi connectivity index (χ1n) is 8.36. The van der Waals surface area contributed by atoms with Gasteiger partial charge in [-0.2, -0.15) is 5.26 Å². The molecule has 0 bridgehead atoms. The van der Waals surface area contributed by atoms with Crippen LogP contribution < -0.4 is 4.74 Å². The molecule has 154 valence electrons. The standard InChI is InChI=1S/C9H8ClF3O.C6H12O2.C4H7N/c1-2-6-3-4-8(7(10)5-6)14-9(11,12)13;1-5(7)8-6(2,3)4;1-2-3-4-5/h3-5H,2H2,1H3;1-4H3;2-3H2,1H3. The molecule has 8 heteroatoms. The van der Waals surface area contributed by atoms with E-state index in [4.69, 9.17) is 21.6 Å². The molecule has 27 heavy (non-hydrogen) atoms. The highest BCUT2D eigenvalue weighted by atomic mass is 35.5. The minimum Gasteiger partial charge on any atom is -0.460 e. The average Bonchev–Trinajstić information content (AvgIpc) is 2.47. The van der Waals surface area contributed by atoms with Gasteiger partial charge in [0.05, 0.1) is 11.1 Å². The van der Waals surface area contributed by atoms with Crippen molar-refractivity contribution >= 4 is 17.6 Å². The third-order valence-corrected chi connectivity index (χ3v) is 2.74. The van der Waals surface area contributed by atoms with Gasteiger partial charge >= 0.3 is 12.3 Å². The van der Waals surface area contributed by atoms with Crippen LogP contribution in [0.15, 0.2) is 18.2 Å². The first-order chi connectivity index (χ1) is 12.3. The predicted molar refractivity (Wildman–Crippen MR) is 99.6 cm³/mol. The summed E-state index contributed by atoms with van der Waals surface area (Å²) in [5.41, 5.74) is 0.538. The van der Waals surface area contributed by atoms with E-state index in [9.17, 15) is 18.0 Å². The van der Waals surface area contributed by atoms with E-state index in [0.717, 1.165) is 12.0 Å². The third kappa shape index (κ3) is 18.6. The fourth-order valence-corrected chi connectivity index (χ4v) is 1.76. The second-order valence-corrected chi connectivity index (χ2v) is 6.69. The van der Waals surface area contributed by atoms with Gasteiger partial charge < -0.3 is 9.47 Å². The molecule has 0 radical (unpaired) electrons. The summed E-state index contributed by atoms with van der Waals surface area (Å²) >= 11 is 5.59. The summed E-state index contributed by atoms with van der Waals surface area (Å²) in [6.45, 7) is 10.8. The third-order valence-electron chi connectivity index (χ3n) is 2.44. The summed E-state index contributed by atoms with van der Waals surface area (Å²) in [6.07, 6.45) is -2.31. The molecule has 0 aliphatic heterocycles. The first-order valence-corrected chi connectivity index (χ1v) is 8.74. The Labute approximate surface area is 164 Å². The maximum atomic E-state index is 11.8. The molecule has 0 amide bonds. The van der Waals surface area contributed by atoms with Crippen molar-refractivity contribution in [3.8, 4) is 11.8 Å². The lowest BCUT2D eigenvalue weighted by molar-refractivity contribution is -0.274. The van der Waals surface area contributed by atoms with E-state index in [1.807, 2.05) is 40.7 Å². The molecule has 1 aromatic carbocycles. The largest absolute Gasteiger partial charge is 0.573 e. The van der Waals surface area contributed by atoms with Gasteiger partial charge in [0.2, 0.25) is 0 Å². The Bertz CT molecular complexity index is 606. The van der Waals surface area contributed by atoms with Crippen LogP contribution in [0.4, 0.5) is 13.2 Å². The number of unbranched alkanes of at least 4 members (excludes halogenated alkanes) is 1. The molecule has 0 aromatic heterocycles. The number of alkyl halides is 3. The topological polar surface area (TPSA) is 59.3 Å². The summed E-state index contributed by atoms with van der Waals surface area (Å²) in [5.74, 6) is -0.589. The van der Waals surface area contributed by atoms with Crippen molar-refractivity contribution in [1.82, 2.24) is 0 Å². The fourth-order valence-electron chi connectivity index (χ4n) is 1.51. The van der Waals surface area contributed by atoms with Crippen LogP contribution >= 0.6 is 11.6 Å². The van der Waals surface area contributed by atoms with Crippen LogP contribution in [0.25, 0.3) is 0 Å². The van der Waals surface area contributed by atoms with Crippen LogP contribution in [0.2, 0.25) is 5.02 Å². The van der Waals surface area contributed by atoms with Crippen molar-refractivity contribution in [2.45, 2.75) is 72.8 Å². The van der Waals surface area contributed by atoms with E-state index in [0.29, 0.717) is 12.8 Å². The van der Waals surface area contributed by atoms with Gasteiger partial charge in [0.15, 0.2) is 0 Å². The highest BCUT2D eigenvalue weighted by Crippen LogP contribution is 2.30. The van der Waals surface area contributed by atoms with Crippen molar-refractivity contribution in [2.75, 3.05) is 0 Å². The van der Waals surface area contributed by atoms with Gasteiger partial charge in [-0.05, 0) is 51.3 Å². The van der Waals surface area contributed by atoms with Crippen molar-refractivity contribution in [3.05, 3.63) is 28.8 Å². The van der Waals surface area contributed by atoms with Gasteiger partial charge in [-0.1, -0.05) is 31.5 Å². The number of hydrogen-bond donors (Lipinski definition) is 0. The molecule has 0 saturated heterocycles. The van der Waals surface area contributed by atoms with Crippen LogP contribution in [0.1, 0.15) is 59.9 Å². The highest BCUT2D eigenvalue weighted by Gasteiger charge is 2.31. The molecule has 1 rings (SSSR count). The number of carbonyl (C=O) groups is 1. The summed E-state index contributed by atoms with van der Waals surface area (Å²) in [4.78, 5) is 10.2. The smallest absolute Gasteiger partial charge is 0.460 e. The highest BCUT2D eigenvalue weighted by molar-refractivity contribution is 6.32. The molecule has 0 fully saturated rings. The van der Waals surface area contributed by atoms with E-state index in [-0.39, 0.29) is 22.3 Å². The lowest BCUT2D eigenvalue weighted by Gasteiger charge is -2.17. The minimum absolute atomic E-state index is 0.0262. The van der Waals surface area contributed by atoms with Gasteiger partial charge in [0.1, 0.15) is 11.4 Å². The minimum atomic E-state index is -4.70. The molecule has 0 saturated carbocycles. The number of ether oxygens (including phenoxy) is 2. The van der Waals surface area contributed by atoms with Gasteiger partial charge in [0, 0.05) is 13.3 Å². The number of benzene rings is 1. The zero-order chi connectivity index (χ0) is 21.7. The molecular formula is C19H27ClF3NO3. The summed E-state index contributed by atoms with van der Waals surface area (Å²) in [6, 6.07) is 6.24. The van der Waals surface area contributed by atoms with E-state index < -0.39 is 6.36 Å². The second-order valence-electron chi connectivity index (χ2n) is 6.28. The molecule has 0 aliphatic rings. The number of hydrogen-bond acceptors (Lipinski definition) is 4. The van der Waals surface area contributed by atoms with Crippen molar-refractivity contribution in [2.24, 2.45) is 0 Å². The number of carbonyl (C=O) groups excluding carboxylic acids is 1. The Kier molecular flexibility index (Phi) is 13.4. The maximum absolute atomic E-state index is 11.8. The number of esters is 1. The van der Waals surface area contributed by atoms with Crippen molar-refractivity contribution in [1.29, 1.82) is 5.26 Å². The van der Waals surface area contributed by atoms with E-state index in [1.165, 1.54) is 19.1 Å². The molecular weight excluding hydrogens is 383 g/mol. The number of halogens is 4. The van der Waals surface area contributed by atoms with Gasteiger partial charge in [0.25, 0.3) is 0 Å². The summed E-state index contributed by atoms with van der Waals surface area (Å²) < 4.78 is 44.0. The number of aryl methyl sites for hydroxylation is 1. The molecule has 0 N–H and O–H groups in total. The molecule has 0 aliphatic carbocycles. The van der Waals surface area contributed by atoms with Gasteiger partial charge in [-0.15, -0.1) is 13.2 Å². The Hall–Kier alpha value is -1.94. The van der Waals surface area contributed by atoms with Gasteiger partial charge in [-0.25, -0.2) is 0 Å². The fraction of sp³-hybridized carbons (Fsp3) is 0.579. The van der Waals surface area contributed by atoms with E-state index >= 15 is 0 Å². The quantitative estimate of drug-likeness (QED) is 0.537. The lowest BCUT2D eigenvalue weighted by atomic mass is 10.2. The summed E-state index contributed by atoms with van der Waals surface area (Å²) in [7, 11) is 0. The molecule has 0 heterocycles. The average molecular weight is 410 g/mol. The van der Waals surface area contributed by atoms with E-state index in [1.54, 1.807) is 6.07 Å². The predicted octanol–water partition coefficient (Wildman–Crippen LogP) is 6.46. The zero-order valence-corrected chi connectivity index (χ0v) is 17.3. The summed E-state index contributed by atoms with van der Waals surface area (Å²) in [5, 5.41) is 7.79. The lowest BCUT2D eigenvalue weighted by Crippen LogP contribution is -2.21. The monoisotopic (exact) mass is 409 g/mol. The number of nitrogens with zero attached hydrogens (tertiary/aromatic N) is 1.